The molecule has 1 N–H and O–H groups in total. The average Bonchev–Trinajstić information content (AvgIpc) is 2.82. The molecule has 0 aromatic heterocycles. The molecular formula is C15H18ClNO4. The maximum absolute atomic E-state index is 11.3. The predicted octanol–water partition coefficient (Wildman–Crippen LogP) is 2.41. The van der Waals surface area contributed by atoms with E-state index in [0.29, 0.717) is 49.2 Å². The minimum Gasteiger partial charge on any atom is -0.486 e. The highest BCUT2D eigenvalue weighted by Gasteiger charge is 2.40. The van der Waals surface area contributed by atoms with Gasteiger partial charge in [-0.05, 0) is 37.6 Å². The summed E-state index contributed by atoms with van der Waals surface area (Å²) < 4.78 is 11.1. The molecule has 1 saturated heterocycles. The van der Waals surface area contributed by atoms with Crippen molar-refractivity contribution in [3.8, 4) is 11.5 Å². The van der Waals surface area contributed by atoms with Crippen LogP contribution in [0.5, 0.6) is 11.5 Å². The molecule has 0 saturated carbocycles. The van der Waals surface area contributed by atoms with Crippen LogP contribution >= 0.6 is 11.6 Å². The third-order valence-electron chi connectivity index (χ3n) is 4.13. The van der Waals surface area contributed by atoms with E-state index in [1.54, 1.807) is 6.92 Å². The zero-order valence-electron chi connectivity index (χ0n) is 11.9. The number of hydrogen-bond acceptors (Lipinski definition) is 4. The van der Waals surface area contributed by atoms with E-state index in [2.05, 4.69) is 4.90 Å². The molecule has 0 aliphatic carbocycles. The van der Waals surface area contributed by atoms with Gasteiger partial charge in [0.05, 0.1) is 10.4 Å². The van der Waals surface area contributed by atoms with Crippen LogP contribution in [-0.2, 0) is 11.3 Å². The largest absolute Gasteiger partial charge is 0.486 e. The monoisotopic (exact) mass is 311 g/mol. The smallest absolute Gasteiger partial charge is 0.310 e. The Morgan fingerprint density at radius 2 is 2.19 bits per heavy atom. The number of carbonyl (C=O) groups is 1. The van der Waals surface area contributed by atoms with E-state index in [4.69, 9.17) is 21.1 Å². The van der Waals surface area contributed by atoms with Gasteiger partial charge < -0.3 is 14.6 Å². The molecule has 0 amide bonds. The van der Waals surface area contributed by atoms with Crippen molar-refractivity contribution >= 4 is 17.6 Å². The average molecular weight is 312 g/mol. The van der Waals surface area contributed by atoms with Crippen LogP contribution in [0.2, 0.25) is 5.02 Å². The summed E-state index contributed by atoms with van der Waals surface area (Å²) in [5, 5.41) is 9.82. The molecule has 2 aliphatic rings. The number of carboxylic acid groups (broad SMARTS) is 1. The number of likely N-dealkylation sites (tertiary alicyclic amines) is 1. The molecule has 1 aromatic rings. The van der Waals surface area contributed by atoms with Gasteiger partial charge in [-0.3, -0.25) is 9.69 Å². The fourth-order valence-corrected chi connectivity index (χ4v) is 3.17. The molecule has 2 aliphatic heterocycles. The summed E-state index contributed by atoms with van der Waals surface area (Å²) in [6, 6.07) is 3.79. The summed E-state index contributed by atoms with van der Waals surface area (Å²) in [5.41, 5.74) is 0.358. The van der Waals surface area contributed by atoms with Crippen molar-refractivity contribution in [1.82, 2.24) is 4.90 Å². The topological polar surface area (TPSA) is 59.0 Å². The highest BCUT2D eigenvalue weighted by Crippen LogP contribution is 2.39. The lowest BCUT2D eigenvalue weighted by Gasteiger charge is -2.23. The lowest BCUT2D eigenvalue weighted by Crippen LogP contribution is -2.31. The van der Waals surface area contributed by atoms with Crippen LogP contribution in [-0.4, -0.2) is 42.3 Å². The second-order valence-corrected chi connectivity index (χ2v) is 6.34. The number of halogens is 1. The normalized spacial score (nSPS) is 25.0. The van der Waals surface area contributed by atoms with Gasteiger partial charge in [-0.15, -0.1) is 0 Å². The number of nitrogens with zero attached hydrogens (tertiary/aromatic N) is 1. The fourth-order valence-electron chi connectivity index (χ4n) is 2.88. The summed E-state index contributed by atoms with van der Waals surface area (Å²) >= 11 is 6.22. The van der Waals surface area contributed by atoms with E-state index in [-0.39, 0.29) is 0 Å². The van der Waals surface area contributed by atoms with Gasteiger partial charge in [0, 0.05) is 13.1 Å². The molecule has 0 radical (unpaired) electrons. The second kappa shape index (κ2) is 5.39. The lowest BCUT2D eigenvalue weighted by molar-refractivity contribution is -0.147. The minimum absolute atomic E-state index is 0.509. The van der Waals surface area contributed by atoms with Crippen LogP contribution < -0.4 is 9.47 Å². The maximum Gasteiger partial charge on any atom is 0.310 e. The molecule has 21 heavy (non-hydrogen) atoms. The zero-order chi connectivity index (χ0) is 15.0. The quantitative estimate of drug-likeness (QED) is 0.929. The molecule has 6 heteroatoms. The van der Waals surface area contributed by atoms with E-state index in [1.165, 1.54) is 0 Å². The van der Waals surface area contributed by atoms with E-state index in [9.17, 15) is 9.90 Å². The Balaban J connectivity index is 1.74. The lowest BCUT2D eigenvalue weighted by atomic mass is 9.90. The summed E-state index contributed by atoms with van der Waals surface area (Å²) in [5.74, 6) is 0.539. The van der Waals surface area contributed by atoms with Crippen LogP contribution in [0, 0.1) is 5.41 Å². The first-order valence-electron chi connectivity index (χ1n) is 7.02. The van der Waals surface area contributed by atoms with E-state index >= 15 is 0 Å². The molecular weight excluding hydrogens is 294 g/mol. The van der Waals surface area contributed by atoms with Crippen LogP contribution in [0.25, 0.3) is 0 Å². The Labute approximate surface area is 128 Å². The van der Waals surface area contributed by atoms with Gasteiger partial charge in [0.2, 0.25) is 0 Å². The van der Waals surface area contributed by atoms with Gasteiger partial charge in [0.1, 0.15) is 13.2 Å². The van der Waals surface area contributed by atoms with Crippen LogP contribution in [0.15, 0.2) is 12.1 Å². The number of fused-ring (bicyclic) bond motifs is 1. The summed E-state index contributed by atoms with van der Waals surface area (Å²) in [6.07, 6.45) is 0.667. The van der Waals surface area contributed by atoms with Crippen LogP contribution in [0.3, 0.4) is 0 Å². The highest BCUT2D eigenvalue weighted by molar-refractivity contribution is 6.32. The van der Waals surface area contributed by atoms with Crippen LogP contribution in [0.1, 0.15) is 18.9 Å². The van der Waals surface area contributed by atoms with Crippen molar-refractivity contribution in [2.24, 2.45) is 5.41 Å². The van der Waals surface area contributed by atoms with Crippen molar-refractivity contribution in [2.75, 3.05) is 26.3 Å². The predicted molar refractivity (Wildman–Crippen MR) is 78.1 cm³/mol. The number of benzene rings is 1. The van der Waals surface area contributed by atoms with Crippen molar-refractivity contribution in [3.63, 3.8) is 0 Å². The van der Waals surface area contributed by atoms with Gasteiger partial charge in [-0.2, -0.15) is 0 Å². The molecule has 0 spiro atoms. The van der Waals surface area contributed by atoms with Crippen molar-refractivity contribution < 1.29 is 19.4 Å². The molecule has 114 valence electrons. The van der Waals surface area contributed by atoms with E-state index < -0.39 is 11.4 Å². The Morgan fingerprint density at radius 1 is 1.43 bits per heavy atom. The van der Waals surface area contributed by atoms with Gasteiger partial charge in [0.15, 0.2) is 11.5 Å². The van der Waals surface area contributed by atoms with Gasteiger partial charge >= 0.3 is 5.97 Å². The standard InChI is InChI=1S/C15H18ClNO4/c1-15(14(18)19)2-3-17(9-15)8-10-6-11(16)13-12(7-10)20-4-5-21-13/h6-7H,2-5,8-9H2,1H3,(H,18,19). The second-order valence-electron chi connectivity index (χ2n) is 5.93. The number of carboxylic acids is 1. The first-order chi connectivity index (χ1) is 9.98. The van der Waals surface area contributed by atoms with Gasteiger partial charge in [-0.1, -0.05) is 11.6 Å². The van der Waals surface area contributed by atoms with Gasteiger partial charge in [0.25, 0.3) is 0 Å². The Morgan fingerprint density at radius 3 is 2.90 bits per heavy atom. The SMILES string of the molecule is CC1(C(=O)O)CCN(Cc2cc(Cl)c3c(c2)OCCO3)C1. The molecule has 1 atom stereocenters. The number of ether oxygens (including phenoxy) is 2. The summed E-state index contributed by atoms with van der Waals surface area (Å²) in [6.45, 7) is 4.82. The Hall–Kier alpha value is -1.46. The highest BCUT2D eigenvalue weighted by atomic mass is 35.5. The third kappa shape index (κ3) is 2.80. The Kier molecular flexibility index (Phi) is 3.71. The first kappa shape index (κ1) is 14.5. The zero-order valence-corrected chi connectivity index (χ0v) is 12.7. The Bertz CT molecular complexity index is 577. The number of rotatable bonds is 3. The molecule has 1 fully saturated rings. The van der Waals surface area contributed by atoms with E-state index in [0.717, 1.165) is 12.1 Å². The molecule has 2 heterocycles. The summed E-state index contributed by atoms with van der Waals surface area (Å²) in [4.78, 5) is 13.4. The molecule has 3 rings (SSSR count). The molecule has 1 unspecified atom stereocenters. The molecule has 0 bridgehead atoms. The fraction of sp³-hybridized carbons (Fsp3) is 0.533. The third-order valence-corrected chi connectivity index (χ3v) is 4.41. The molecule has 5 nitrogen and oxygen atoms in total. The maximum atomic E-state index is 11.3. The molecule has 1 aromatic carbocycles. The number of hydrogen-bond donors (Lipinski definition) is 1. The number of aliphatic carboxylic acids is 1. The minimum atomic E-state index is -0.731. The van der Waals surface area contributed by atoms with Crippen molar-refractivity contribution in [3.05, 3.63) is 22.7 Å². The van der Waals surface area contributed by atoms with Crippen LogP contribution in [0.4, 0.5) is 0 Å². The van der Waals surface area contributed by atoms with Crippen molar-refractivity contribution in [2.45, 2.75) is 19.9 Å². The summed E-state index contributed by atoms with van der Waals surface area (Å²) in [7, 11) is 0. The first-order valence-corrected chi connectivity index (χ1v) is 7.39. The van der Waals surface area contributed by atoms with Gasteiger partial charge in [-0.25, -0.2) is 0 Å². The van der Waals surface area contributed by atoms with Crippen molar-refractivity contribution in [1.29, 1.82) is 0 Å². The van der Waals surface area contributed by atoms with E-state index in [1.807, 2.05) is 12.1 Å².